The van der Waals surface area contributed by atoms with Crippen molar-refractivity contribution in [1.29, 1.82) is 0 Å². The van der Waals surface area contributed by atoms with E-state index in [0.717, 1.165) is 28.5 Å². The minimum absolute atomic E-state index is 0.0173. The van der Waals surface area contributed by atoms with Gasteiger partial charge < -0.3 is 4.42 Å². The molecule has 3 heteroatoms. The molecule has 25 heavy (non-hydrogen) atoms. The molecule has 0 radical (unpaired) electrons. The van der Waals surface area contributed by atoms with Gasteiger partial charge in [0.15, 0.2) is 0 Å². The molecule has 4 rings (SSSR count). The number of furan rings is 1. The van der Waals surface area contributed by atoms with Crippen molar-refractivity contribution in [2.24, 2.45) is 5.89 Å². The van der Waals surface area contributed by atoms with Gasteiger partial charge in [-0.25, -0.2) is 4.98 Å². The number of nitrogens with zero attached hydrogens (tertiary/aromatic N) is 2. The predicted molar refractivity (Wildman–Crippen MR) is 103 cm³/mol. The molecule has 0 aliphatic rings. The van der Waals surface area contributed by atoms with E-state index in [9.17, 15) is 0 Å². The van der Waals surface area contributed by atoms with Crippen LogP contribution in [0.4, 0.5) is 0 Å². The van der Waals surface area contributed by atoms with Crippen LogP contribution in [0, 0.1) is 5.89 Å². The van der Waals surface area contributed by atoms with Crippen LogP contribution in [-0.4, -0.2) is 9.97 Å². The zero-order valence-electron chi connectivity index (χ0n) is 18.3. The van der Waals surface area contributed by atoms with Crippen LogP contribution in [0.3, 0.4) is 0 Å². The lowest BCUT2D eigenvalue weighted by atomic mass is 10.0. The summed E-state index contributed by atoms with van der Waals surface area (Å²) in [7, 11) is 0. The summed E-state index contributed by atoms with van der Waals surface area (Å²) in [6, 6.07) is 13.6. The second-order valence-corrected chi connectivity index (χ2v) is 6.30. The van der Waals surface area contributed by atoms with E-state index < -0.39 is 12.7 Å². The molecular weight excluding hydrogens is 308 g/mol. The molecule has 0 aliphatic carbocycles. The SMILES string of the molecule is [2H]C([2H])([2H])C([2H])(C)Cc1ccc2c(n1)oc1c(-c3cc(CC)ccn3)cccc12. The maximum atomic E-state index is 8.17. The first-order valence-electron chi connectivity index (χ1n) is 10.5. The average molecular weight is 334 g/mol. The first-order valence-corrected chi connectivity index (χ1v) is 8.46. The second kappa shape index (κ2) is 6.32. The molecule has 126 valence electrons. The standard InChI is InChI=1S/C22H22N2O/c1-4-15-10-11-23-20(13-15)19-7-5-6-17-18-9-8-16(12-14(2)3)24-22(18)25-21(17)19/h5-11,13-14H,4,12H2,1-3H3/i2D3,14D. The van der Waals surface area contributed by atoms with E-state index in [1.165, 1.54) is 12.5 Å². The second-order valence-electron chi connectivity index (χ2n) is 6.30. The zero-order chi connectivity index (χ0) is 20.8. The highest BCUT2D eigenvalue weighted by Crippen LogP contribution is 2.34. The predicted octanol–water partition coefficient (Wildman–Crippen LogP) is 5.80. The summed E-state index contributed by atoms with van der Waals surface area (Å²) in [5, 5.41) is 1.79. The van der Waals surface area contributed by atoms with Gasteiger partial charge in [0.25, 0.3) is 0 Å². The maximum Gasteiger partial charge on any atom is 0.227 e. The molecule has 0 spiro atoms. The molecule has 0 amide bonds. The number of aryl methyl sites for hydroxylation is 1. The highest BCUT2D eigenvalue weighted by molar-refractivity contribution is 6.08. The largest absolute Gasteiger partial charge is 0.437 e. The van der Waals surface area contributed by atoms with E-state index in [2.05, 4.69) is 23.0 Å². The summed E-state index contributed by atoms with van der Waals surface area (Å²) < 4.78 is 37.0. The van der Waals surface area contributed by atoms with Crippen molar-refractivity contribution in [3.63, 3.8) is 0 Å². The Labute approximate surface area is 153 Å². The number of aromatic nitrogens is 2. The molecule has 0 fully saturated rings. The van der Waals surface area contributed by atoms with Gasteiger partial charge in [-0.05, 0) is 54.6 Å². The Balaban J connectivity index is 1.82. The normalized spacial score (nSPS) is 16.9. The molecule has 0 saturated heterocycles. The summed E-state index contributed by atoms with van der Waals surface area (Å²) >= 11 is 0. The smallest absolute Gasteiger partial charge is 0.227 e. The lowest BCUT2D eigenvalue weighted by molar-refractivity contribution is 0.621. The van der Waals surface area contributed by atoms with Gasteiger partial charge in [-0.15, -0.1) is 0 Å². The van der Waals surface area contributed by atoms with Gasteiger partial charge in [0.05, 0.1) is 5.69 Å². The molecule has 3 nitrogen and oxygen atoms in total. The van der Waals surface area contributed by atoms with E-state index >= 15 is 0 Å². The highest BCUT2D eigenvalue weighted by atomic mass is 16.3. The Morgan fingerprint density at radius 3 is 2.96 bits per heavy atom. The van der Waals surface area contributed by atoms with Crippen LogP contribution in [0.5, 0.6) is 0 Å². The Hall–Kier alpha value is -2.68. The van der Waals surface area contributed by atoms with Gasteiger partial charge in [0, 0.05) is 33.7 Å². The van der Waals surface area contributed by atoms with Crippen LogP contribution in [0.15, 0.2) is 53.1 Å². The van der Waals surface area contributed by atoms with E-state index in [4.69, 9.17) is 9.90 Å². The number of para-hydroxylation sites is 1. The molecule has 1 atom stereocenters. The van der Waals surface area contributed by atoms with Crippen molar-refractivity contribution in [3.05, 3.63) is 59.9 Å². The van der Waals surface area contributed by atoms with Crippen LogP contribution in [-0.2, 0) is 12.8 Å². The van der Waals surface area contributed by atoms with Crippen molar-refractivity contribution >= 4 is 22.1 Å². The van der Waals surface area contributed by atoms with Gasteiger partial charge in [-0.3, -0.25) is 4.98 Å². The number of hydrogen-bond acceptors (Lipinski definition) is 3. The Bertz CT molecular complexity index is 1190. The van der Waals surface area contributed by atoms with E-state index in [1.807, 2.05) is 30.3 Å². The number of hydrogen-bond donors (Lipinski definition) is 0. The van der Waals surface area contributed by atoms with Crippen LogP contribution >= 0.6 is 0 Å². The van der Waals surface area contributed by atoms with Crippen molar-refractivity contribution < 1.29 is 9.90 Å². The third-order valence-electron chi connectivity index (χ3n) is 4.38. The first kappa shape index (κ1) is 11.8. The fourth-order valence-electron chi connectivity index (χ4n) is 3.13. The summed E-state index contributed by atoms with van der Waals surface area (Å²) in [6.45, 7) is 1.13. The molecule has 1 unspecified atom stereocenters. The van der Waals surface area contributed by atoms with E-state index in [1.54, 1.807) is 12.3 Å². The third kappa shape index (κ3) is 2.91. The minimum atomic E-state index is -2.39. The number of fused-ring (bicyclic) bond motifs is 3. The molecule has 3 aromatic heterocycles. The zero-order valence-corrected chi connectivity index (χ0v) is 14.3. The maximum absolute atomic E-state index is 8.17. The van der Waals surface area contributed by atoms with Crippen LogP contribution < -0.4 is 0 Å². The van der Waals surface area contributed by atoms with Crippen molar-refractivity contribution in [1.82, 2.24) is 9.97 Å². The first-order chi connectivity index (χ1) is 13.7. The van der Waals surface area contributed by atoms with Gasteiger partial charge >= 0.3 is 0 Å². The fourth-order valence-corrected chi connectivity index (χ4v) is 3.13. The number of pyridine rings is 2. The Morgan fingerprint density at radius 2 is 2.12 bits per heavy atom. The molecule has 1 aromatic carbocycles. The molecule has 0 bridgehead atoms. The van der Waals surface area contributed by atoms with Crippen LogP contribution in [0.25, 0.3) is 33.3 Å². The monoisotopic (exact) mass is 334 g/mol. The van der Waals surface area contributed by atoms with Crippen molar-refractivity contribution in [3.8, 4) is 11.3 Å². The molecule has 4 aromatic rings. The molecule has 0 N–H and O–H groups in total. The van der Waals surface area contributed by atoms with Crippen LogP contribution in [0.1, 0.15) is 37.4 Å². The van der Waals surface area contributed by atoms with Crippen LogP contribution in [0.2, 0.25) is 0 Å². The van der Waals surface area contributed by atoms with Crippen molar-refractivity contribution in [2.45, 2.75) is 33.5 Å². The van der Waals surface area contributed by atoms with Gasteiger partial charge in [-0.2, -0.15) is 0 Å². The Morgan fingerprint density at radius 1 is 1.20 bits per heavy atom. The molecule has 0 aliphatic heterocycles. The van der Waals surface area contributed by atoms with Crippen molar-refractivity contribution in [2.75, 3.05) is 0 Å². The average Bonchev–Trinajstić information content (AvgIpc) is 3.04. The lowest BCUT2D eigenvalue weighted by Gasteiger charge is -2.03. The van der Waals surface area contributed by atoms with Gasteiger partial charge in [-0.1, -0.05) is 32.8 Å². The third-order valence-corrected chi connectivity index (χ3v) is 4.38. The van der Waals surface area contributed by atoms with Gasteiger partial charge in [0.2, 0.25) is 5.71 Å². The van der Waals surface area contributed by atoms with E-state index in [0.29, 0.717) is 17.0 Å². The quantitative estimate of drug-likeness (QED) is 0.473. The number of benzene rings is 1. The number of rotatable bonds is 4. The molecular formula is C22H22N2O. The fraction of sp³-hybridized carbons (Fsp3) is 0.273. The molecule has 0 saturated carbocycles. The summed E-state index contributed by atoms with van der Waals surface area (Å²) in [5.74, 6) is -1.62. The lowest BCUT2D eigenvalue weighted by Crippen LogP contribution is -1.96. The summed E-state index contributed by atoms with van der Waals surface area (Å²) in [4.78, 5) is 9.03. The molecule has 3 heterocycles. The van der Waals surface area contributed by atoms with Gasteiger partial charge in [0.1, 0.15) is 5.58 Å². The topological polar surface area (TPSA) is 38.9 Å². The minimum Gasteiger partial charge on any atom is -0.437 e. The Kier molecular flexibility index (Phi) is 2.98. The van der Waals surface area contributed by atoms with E-state index in [-0.39, 0.29) is 6.42 Å². The summed E-state index contributed by atoms with van der Waals surface area (Å²) in [6.07, 6.45) is 2.74. The highest BCUT2D eigenvalue weighted by Gasteiger charge is 2.14. The summed E-state index contributed by atoms with van der Waals surface area (Å²) in [5.41, 5.74) is 4.61.